The van der Waals surface area contributed by atoms with E-state index in [1.807, 2.05) is 0 Å². The maximum absolute atomic E-state index is 11.6. The molecule has 0 radical (unpaired) electrons. The molecule has 1 fully saturated rings. The van der Waals surface area contributed by atoms with Crippen molar-refractivity contribution in [3.63, 3.8) is 0 Å². The summed E-state index contributed by atoms with van der Waals surface area (Å²) < 4.78 is 30.3. The second-order valence-electron chi connectivity index (χ2n) is 4.65. The van der Waals surface area contributed by atoms with Crippen LogP contribution in [-0.2, 0) is 19.6 Å². The zero-order valence-electron chi connectivity index (χ0n) is 10.6. The second kappa shape index (κ2) is 7.06. The Labute approximate surface area is 108 Å². The van der Waals surface area contributed by atoms with Crippen LogP contribution in [-0.4, -0.2) is 45.5 Å². The normalized spacial score (nSPS) is 24.9. The molecule has 1 aliphatic carbocycles. The molecule has 2 unspecified atom stereocenters. The number of methoxy groups -OCH3 is 1. The Balaban J connectivity index is 2.47. The van der Waals surface area contributed by atoms with Gasteiger partial charge in [0.05, 0.1) is 18.3 Å². The quantitative estimate of drug-likeness (QED) is 0.705. The fraction of sp³-hybridized carbons (Fsp3) is 0.909. The smallest absolute Gasteiger partial charge is 0.306 e. The largest absolute Gasteiger partial charge is 0.481 e. The molecule has 0 aromatic carbocycles. The Morgan fingerprint density at radius 3 is 2.67 bits per heavy atom. The van der Waals surface area contributed by atoms with E-state index in [0.29, 0.717) is 6.42 Å². The number of hydrogen-bond donors (Lipinski definition) is 2. The molecule has 2 N–H and O–H groups in total. The molecule has 0 bridgehead atoms. The standard InChI is InChI=1S/C11H21NO5S/c1-17-6-7-18(15,16)12-8-9-4-2-3-5-10(9)11(13)14/h9-10,12H,2-8H2,1H3,(H,13,14). The van der Waals surface area contributed by atoms with Crippen LogP contribution in [0.5, 0.6) is 0 Å². The minimum absolute atomic E-state index is 0.0893. The van der Waals surface area contributed by atoms with Gasteiger partial charge in [0, 0.05) is 13.7 Å². The maximum Gasteiger partial charge on any atom is 0.306 e. The Bertz CT molecular complexity index is 368. The first kappa shape index (κ1) is 15.4. The van der Waals surface area contributed by atoms with Crippen LogP contribution in [0.2, 0.25) is 0 Å². The molecule has 1 rings (SSSR count). The van der Waals surface area contributed by atoms with Gasteiger partial charge >= 0.3 is 5.97 Å². The van der Waals surface area contributed by atoms with Gasteiger partial charge in [0.2, 0.25) is 10.0 Å². The van der Waals surface area contributed by atoms with E-state index in [2.05, 4.69) is 4.72 Å². The van der Waals surface area contributed by atoms with Gasteiger partial charge in [-0.15, -0.1) is 0 Å². The van der Waals surface area contributed by atoms with Crippen LogP contribution in [0.15, 0.2) is 0 Å². The van der Waals surface area contributed by atoms with Crippen LogP contribution < -0.4 is 4.72 Å². The van der Waals surface area contributed by atoms with Crippen LogP contribution in [0.25, 0.3) is 0 Å². The van der Waals surface area contributed by atoms with E-state index >= 15 is 0 Å². The summed E-state index contributed by atoms with van der Waals surface area (Å²) in [5, 5.41) is 9.08. The van der Waals surface area contributed by atoms with Gasteiger partial charge in [-0.2, -0.15) is 0 Å². The highest BCUT2D eigenvalue weighted by molar-refractivity contribution is 7.89. The molecular weight excluding hydrogens is 258 g/mol. The Morgan fingerprint density at radius 2 is 2.06 bits per heavy atom. The number of aliphatic carboxylic acids is 1. The summed E-state index contributed by atoms with van der Waals surface area (Å²) in [6.07, 6.45) is 3.28. The van der Waals surface area contributed by atoms with E-state index in [4.69, 9.17) is 9.84 Å². The number of carboxylic acids is 1. The van der Waals surface area contributed by atoms with Gasteiger partial charge in [0.15, 0.2) is 0 Å². The van der Waals surface area contributed by atoms with Crippen molar-refractivity contribution in [1.82, 2.24) is 4.72 Å². The number of carbonyl (C=O) groups is 1. The molecule has 0 aliphatic heterocycles. The van der Waals surface area contributed by atoms with Crippen molar-refractivity contribution in [1.29, 1.82) is 0 Å². The topological polar surface area (TPSA) is 92.7 Å². The summed E-state index contributed by atoms with van der Waals surface area (Å²) in [4.78, 5) is 11.1. The lowest BCUT2D eigenvalue weighted by Crippen LogP contribution is -2.38. The van der Waals surface area contributed by atoms with E-state index in [-0.39, 0.29) is 24.8 Å². The van der Waals surface area contributed by atoms with Crippen molar-refractivity contribution in [2.45, 2.75) is 25.7 Å². The average Bonchev–Trinajstić information content (AvgIpc) is 2.34. The number of nitrogens with one attached hydrogen (secondary N) is 1. The molecule has 106 valence electrons. The minimum Gasteiger partial charge on any atom is -0.481 e. The zero-order valence-corrected chi connectivity index (χ0v) is 11.4. The van der Waals surface area contributed by atoms with Crippen LogP contribution in [0.3, 0.4) is 0 Å². The molecule has 0 aromatic heterocycles. The SMILES string of the molecule is COCCS(=O)(=O)NCC1CCCCC1C(=O)O. The van der Waals surface area contributed by atoms with Crippen LogP contribution in [0, 0.1) is 11.8 Å². The first-order valence-corrected chi connectivity index (χ1v) is 7.80. The fourth-order valence-corrected chi connectivity index (χ4v) is 3.27. The molecule has 0 amide bonds. The highest BCUT2D eigenvalue weighted by Crippen LogP contribution is 2.29. The van der Waals surface area contributed by atoms with Gasteiger partial charge in [-0.1, -0.05) is 12.8 Å². The monoisotopic (exact) mass is 279 g/mol. The molecule has 18 heavy (non-hydrogen) atoms. The highest BCUT2D eigenvalue weighted by Gasteiger charge is 2.31. The summed E-state index contributed by atoms with van der Waals surface area (Å²) in [5.74, 6) is -1.44. The predicted molar refractivity (Wildman–Crippen MR) is 66.7 cm³/mol. The van der Waals surface area contributed by atoms with Crippen molar-refractivity contribution in [3.05, 3.63) is 0 Å². The summed E-state index contributed by atoms with van der Waals surface area (Å²) in [7, 11) is -1.92. The lowest BCUT2D eigenvalue weighted by Gasteiger charge is -2.28. The van der Waals surface area contributed by atoms with Crippen LogP contribution in [0.4, 0.5) is 0 Å². The van der Waals surface area contributed by atoms with Gasteiger partial charge in [0.1, 0.15) is 0 Å². The van der Waals surface area contributed by atoms with E-state index in [1.165, 1.54) is 7.11 Å². The molecule has 2 atom stereocenters. The lowest BCUT2D eigenvalue weighted by atomic mass is 9.79. The first-order valence-electron chi connectivity index (χ1n) is 6.15. The summed E-state index contributed by atoms with van der Waals surface area (Å²) >= 11 is 0. The molecule has 7 heteroatoms. The summed E-state index contributed by atoms with van der Waals surface area (Å²) in [5.41, 5.74) is 0. The van der Waals surface area contributed by atoms with Crippen molar-refractivity contribution >= 4 is 16.0 Å². The van der Waals surface area contributed by atoms with Crippen LogP contribution >= 0.6 is 0 Å². The van der Waals surface area contributed by atoms with Crippen molar-refractivity contribution < 1.29 is 23.1 Å². The van der Waals surface area contributed by atoms with Gasteiger partial charge in [0.25, 0.3) is 0 Å². The number of hydrogen-bond acceptors (Lipinski definition) is 4. The van der Waals surface area contributed by atoms with E-state index < -0.39 is 21.9 Å². The third-order valence-corrected chi connectivity index (χ3v) is 4.66. The number of sulfonamides is 1. The number of carboxylic acid groups (broad SMARTS) is 1. The molecule has 6 nitrogen and oxygen atoms in total. The maximum atomic E-state index is 11.6. The van der Waals surface area contributed by atoms with Gasteiger partial charge in [-0.25, -0.2) is 13.1 Å². The molecule has 1 aliphatic rings. The Kier molecular flexibility index (Phi) is 6.04. The minimum atomic E-state index is -3.36. The molecule has 0 spiro atoms. The molecule has 1 saturated carbocycles. The molecule has 0 saturated heterocycles. The molecule has 0 aromatic rings. The van der Waals surface area contributed by atoms with E-state index in [0.717, 1.165) is 19.3 Å². The van der Waals surface area contributed by atoms with E-state index in [1.54, 1.807) is 0 Å². The Morgan fingerprint density at radius 1 is 1.39 bits per heavy atom. The predicted octanol–water partition coefficient (Wildman–Crippen LogP) is 0.443. The van der Waals surface area contributed by atoms with Crippen LogP contribution in [0.1, 0.15) is 25.7 Å². The zero-order chi connectivity index (χ0) is 13.6. The van der Waals surface area contributed by atoms with Gasteiger partial charge in [-0.3, -0.25) is 4.79 Å². The first-order chi connectivity index (χ1) is 8.46. The van der Waals surface area contributed by atoms with Crippen molar-refractivity contribution in [3.8, 4) is 0 Å². The third kappa shape index (κ3) is 4.91. The van der Waals surface area contributed by atoms with Crippen molar-refractivity contribution in [2.24, 2.45) is 11.8 Å². The Hall–Kier alpha value is -0.660. The highest BCUT2D eigenvalue weighted by atomic mass is 32.2. The lowest BCUT2D eigenvalue weighted by molar-refractivity contribution is -0.144. The summed E-state index contributed by atoms with van der Waals surface area (Å²) in [6, 6.07) is 0. The number of rotatable bonds is 7. The van der Waals surface area contributed by atoms with E-state index in [9.17, 15) is 13.2 Å². The van der Waals surface area contributed by atoms with Gasteiger partial charge < -0.3 is 9.84 Å². The summed E-state index contributed by atoms with van der Waals surface area (Å²) in [6.45, 7) is 0.353. The second-order valence-corrected chi connectivity index (χ2v) is 6.58. The number of ether oxygens (including phenoxy) is 1. The van der Waals surface area contributed by atoms with Crippen molar-refractivity contribution in [2.75, 3.05) is 26.0 Å². The fourth-order valence-electron chi connectivity index (χ4n) is 2.28. The molecular formula is C11H21NO5S. The third-order valence-electron chi connectivity index (χ3n) is 3.35. The average molecular weight is 279 g/mol. The van der Waals surface area contributed by atoms with Gasteiger partial charge in [-0.05, 0) is 18.8 Å². The molecule has 0 heterocycles.